The largest absolute Gasteiger partial charge is 0.469 e. The summed E-state index contributed by atoms with van der Waals surface area (Å²) in [5.41, 5.74) is 2.12. The number of aromatic nitrogens is 1. The second-order valence-electron chi connectivity index (χ2n) is 5.53. The van der Waals surface area contributed by atoms with E-state index < -0.39 is 0 Å². The van der Waals surface area contributed by atoms with Crippen LogP contribution in [0.2, 0.25) is 10.0 Å². The Hall–Kier alpha value is -1.81. The fraction of sp³-hybridized carbons (Fsp3) is 0.211. The number of halogens is 2. The highest BCUT2D eigenvalue weighted by molar-refractivity contribution is 6.35. The predicted octanol–water partition coefficient (Wildman–Crippen LogP) is 5.29. The van der Waals surface area contributed by atoms with E-state index >= 15 is 0 Å². The molecule has 3 rings (SSSR count). The summed E-state index contributed by atoms with van der Waals surface area (Å²) in [5, 5.41) is 4.58. The minimum absolute atomic E-state index is 0.220. The molecule has 0 aliphatic heterocycles. The van der Waals surface area contributed by atoms with E-state index in [1.807, 2.05) is 18.2 Å². The average Bonchev–Trinajstić information content (AvgIpc) is 3.12. The molecule has 124 valence electrons. The van der Waals surface area contributed by atoms with Gasteiger partial charge in [-0.3, -0.25) is 4.98 Å². The summed E-state index contributed by atoms with van der Waals surface area (Å²) in [5.74, 6) is 1.19. The first kappa shape index (κ1) is 17.0. The molecule has 3 aromatic rings. The lowest BCUT2D eigenvalue weighted by Crippen LogP contribution is -2.18. The van der Waals surface area contributed by atoms with Crippen LogP contribution < -0.4 is 5.32 Å². The molecule has 1 unspecified atom stereocenters. The maximum Gasteiger partial charge on any atom is 0.111 e. The molecule has 3 nitrogen and oxygen atoms in total. The van der Waals surface area contributed by atoms with Crippen molar-refractivity contribution in [2.24, 2.45) is 0 Å². The molecule has 0 radical (unpaired) electrons. The Morgan fingerprint density at radius 2 is 1.75 bits per heavy atom. The first-order valence-electron chi connectivity index (χ1n) is 7.82. The van der Waals surface area contributed by atoms with Crippen LogP contribution in [0.3, 0.4) is 0 Å². The Balaban J connectivity index is 1.63. The van der Waals surface area contributed by atoms with Gasteiger partial charge in [0.25, 0.3) is 0 Å². The van der Waals surface area contributed by atoms with Gasteiger partial charge in [0.2, 0.25) is 0 Å². The van der Waals surface area contributed by atoms with E-state index in [1.165, 1.54) is 5.56 Å². The Kier molecular flexibility index (Phi) is 5.91. The first-order chi connectivity index (χ1) is 11.8. The first-order valence-corrected chi connectivity index (χ1v) is 8.58. The van der Waals surface area contributed by atoms with Gasteiger partial charge in [-0.25, -0.2) is 0 Å². The molecule has 0 saturated carbocycles. The van der Waals surface area contributed by atoms with Crippen LogP contribution in [0.1, 0.15) is 29.2 Å². The van der Waals surface area contributed by atoms with E-state index in [2.05, 4.69) is 34.6 Å². The fourth-order valence-electron chi connectivity index (χ4n) is 2.71. The van der Waals surface area contributed by atoms with E-state index in [-0.39, 0.29) is 5.92 Å². The van der Waals surface area contributed by atoms with Crippen LogP contribution in [-0.4, -0.2) is 11.5 Å². The van der Waals surface area contributed by atoms with E-state index in [1.54, 1.807) is 18.7 Å². The number of hydrogen-bond donors (Lipinski definition) is 1. The van der Waals surface area contributed by atoms with Crippen molar-refractivity contribution < 1.29 is 4.42 Å². The molecule has 5 heteroatoms. The quantitative estimate of drug-likeness (QED) is 0.581. The van der Waals surface area contributed by atoms with Crippen molar-refractivity contribution in [2.45, 2.75) is 18.9 Å². The van der Waals surface area contributed by atoms with Gasteiger partial charge in [-0.1, -0.05) is 53.5 Å². The van der Waals surface area contributed by atoms with Gasteiger partial charge in [0.05, 0.1) is 16.3 Å². The van der Waals surface area contributed by atoms with E-state index in [4.69, 9.17) is 27.6 Å². The molecule has 0 amide bonds. The molecular formula is C19H18Cl2N2O. The SMILES string of the molecule is Clc1cncc(Cl)c1CNCCC(c1ccccc1)c1ccco1. The summed E-state index contributed by atoms with van der Waals surface area (Å²) in [6.45, 7) is 1.43. The van der Waals surface area contributed by atoms with Crippen molar-refractivity contribution in [2.75, 3.05) is 6.54 Å². The Morgan fingerprint density at radius 1 is 1.00 bits per heavy atom. The molecule has 0 fully saturated rings. The van der Waals surface area contributed by atoms with E-state index in [9.17, 15) is 0 Å². The molecule has 0 saturated heterocycles. The van der Waals surface area contributed by atoms with Crippen LogP contribution in [0.15, 0.2) is 65.5 Å². The molecule has 1 aromatic carbocycles. The lowest BCUT2D eigenvalue weighted by molar-refractivity contribution is 0.466. The van der Waals surface area contributed by atoms with Gasteiger partial charge < -0.3 is 9.73 Å². The molecule has 0 aliphatic carbocycles. The highest BCUT2D eigenvalue weighted by Gasteiger charge is 2.16. The lowest BCUT2D eigenvalue weighted by Gasteiger charge is -2.16. The second-order valence-corrected chi connectivity index (χ2v) is 6.34. The number of benzene rings is 1. The Morgan fingerprint density at radius 3 is 2.42 bits per heavy atom. The molecule has 1 atom stereocenters. The van der Waals surface area contributed by atoms with Crippen molar-refractivity contribution in [3.8, 4) is 0 Å². The smallest absolute Gasteiger partial charge is 0.111 e. The molecule has 0 spiro atoms. The monoisotopic (exact) mass is 360 g/mol. The Bertz CT molecular complexity index is 740. The number of nitrogens with one attached hydrogen (secondary N) is 1. The summed E-state index contributed by atoms with van der Waals surface area (Å²) in [7, 11) is 0. The van der Waals surface area contributed by atoms with Crippen molar-refractivity contribution >= 4 is 23.2 Å². The van der Waals surface area contributed by atoms with Gasteiger partial charge in [0.15, 0.2) is 0 Å². The molecule has 0 bridgehead atoms. The van der Waals surface area contributed by atoms with Crippen LogP contribution >= 0.6 is 23.2 Å². The molecule has 0 aliphatic rings. The number of rotatable bonds is 7. The van der Waals surface area contributed by atoms with Gasteiger partial charge in [-0.05, 0) is 30.7 Å². The normalized spacial score (nSPS) is 12.2. The summed E-state index contributed by atoms with van der Waals surface area (Å²) in [6.07, 6.45) is 5.85. The molecule has 24 heavy (non-hydrogen) atoms. The predicted molar refractivity (Wildman–Crippen MR) is 97.6 cm³/mol. The van der Waals surface area contributed by atoms with Gasteiger partial charge in [0.1, 0.15) is 5.76 Å². The number of nitrogens with zero attached hydrogens (tertiary/aromatic N) is 1. The van der Waals surface area contributed by atoms with Gasteiger partial charge in [-0.2, -0.15) is 0 Å². The summed E-state index contributed by atoms with van der Waals surface area (Å²) in [6, 6.07) is 14.3. The highest BCUT2D eigenvalue weighted by atomic mass is 35.5. The third-order valence-electron chi connectivity index (χ3n) is 3.95. The van der Waals surface area contributed by atoms with Crippen LogP contribution in [0.4, 0.5) is 0 Å². The second kappa shape index (κ2) is 8.34. The van der Waals surface area contributed by atoms with Gasteiger partial charge >= 0.3 is 0 Å². The minimum Gasteiger partial charge on any atom is -0.469 e. The van der Waals surface area contributed by atoms with Crippen molar-refractivity contribution in [1.29, 1.82) is 0 Å². The Labute approximate surface area is 151 Å². The van der Waals surface area contributed by atoms with Crippen LogP contribution in [0.25, 0.3) is 0 Å². The minimum atomic E-state index is 0.220. The molecular weight excluding hydrogens is 343 g/mol. The van der Waals surface area contributed by atoms with Crippen molar-refractivity contribution in [3.63, 3.8) is 0 Å². The van der Waals surface area contributed by atoms with Gasteiger partial charge in [0, 0.05) is 30.4 Å². The van der Waals surface area contributed by atoms with E-state index in [0.717, 1.165) is 24.3 Å². The summed E-state index contributed by atoms with van der Waals surface area (Å²) >= 11 is 12.3. The molecule has 2 heterocycles. The zero-order valence-corrected chi connectivity index (χ0v) is 14.6. The van der Waals surface area contributed by atoms with Gasteiger partial charge in [-0.15, -0.1) is 0 Å². The van der Waals surface area contributed by atoms with Crippen LogP contribution in [0, 0.1) is 0 Å². The topological polar surface area (TPSA) is 38.1 Å². The van der Waals surface area contributed by atoms with Crippen molar-refractivity contribution in [1.82, 2.24) is 10.3 Å². The summed E-state index contributed by atoms with van der Waals surface area (Å²) in [4.78, 5) is 3.97. The maximum atomic E-state index is 6.15. The average molecular weight is 361 g/mol. The maximum absolute atomic E-state index is 6.15. The van der Waals surface area contributed by atoms with Crippen molar-refractivity contribution in [3.05, 3.63) is 88.1 Å². The van der Waals surface area contributed by atoms with E-state index in [0.29, 0.717) is 16.6 Å². The third kappa shape index (κ3) is 4.18. The zero-order chi connectivity index (χ0) is 16.8. The zero-order valence-electron chi connectivity index (χ0n) is 13.1. The highest BCUT2D eigenvalue weighted by Crippen LogP contribution is 2.28. The molecule has 1 N–H and O–H groups in total. The third-order valence-corrected chi connectivity index (χ3v) is 4.60. The fourth-order valence-corrected chi connectivity index (χ4v) is 3.21. The summed E-state index contributed by atoms with van der Waals surface area (Å²) < 4.78 is 5.63. The van der Waals surface area contributed by atoms with Crippen LogP contribution in [0.5, 0.6) is 0 Å². The molecule has 2 aromatic heterocycles. The number of hydrogen-bond acceptors (Lipinski definition) is 3. The number of pyridine rings is 1. The lowest BCUT2D eigenvalue weighted by atomic mass is 9.93. The number of furan rings is 1. The standard InChI is InChI=1S/C19H18Cl2N2O/c20-17-12-23-13-18(21)16(17)11-22-9-8-15(19-7-4-10-24-19)14-5-2-1-3-6-14/h1-7,10,12-13,15,22H,8-9,11H2. The van der Waals surface area contributed by atoms with Crippen LogP contribution in [-0.2, 0) is 6.54 Å².